The Labute approximate surface area is 138 Å². The maximum atomic E-state index is 3.56. The van der Waals surface area contributed by atoms with Crippen LogP contribution in [0.4, 0.5) is 0 Å². The molecule has 0 aliphatic carbocycles. The Kier molecular flexibility index (Phi) is 5.61. The summed E-state index contributed by atoms with van der Waals surface area (Å²) in [5.74, 6) is 0. The summed E-state index contributed by atoms with van der Waals surface area (Å²) in [5.41, 5.74) is 2.32. The average molecular weight is 443 g/mol. The van der Waals surface area contributed by atoms with E-state index in [1.807, 2.05) is 42.5 Å². The monoisotopic (exact) mass is 440 g/mol. The molecule has 0 heterocycles. The summed E-state index contributed by atoms with van der Waals surface area (Å²) >= 11 is 10.6. The Morgan fingerprint density at radius 1 is 0.737 bits per heavy atom. The van der Waals surface area contributed by atoms with Crippen LogP contribution in [0.25, 0.3) is 12.2 Å². The number of benzene rings is 2. The average Bonchev–Trinajstić information content (AvgIpc) is 2.38. The van der Waals surface area contributed by atoms with Crippen LogP contribution in [0.1, 0.15) is 11.1 Å². The molecule has 0 radical (unpaired) electrons. The Balaban J connectivity index is 2.14. The van der Waals surface area contributed by atoms with Crippen LogP contribution in [0.15, 0.2) is 68.0 Å². The number of hydrogen-bond donors (Lipinski definition) is 0. The Morgan fingerprint density at radius 3 is 1.95 bits per heavy atom. The van der Waals surface area contributed by atoms with Crippen molar-refractivity contribution in [1.82, 2.24) is 0 Å². The van der Waals surface area contributed by atoms with Gasteiger partial charge in [-0.3, -0.25) is 0 Å². The lowest BCUT2D eigenvalue weighted by molar-refractivity contribution is 1.51. The van der Waals surface area contributed by atoms with Gasteiger partial charge in [0, 0.05) is 19.0 Å². The zero-order valence-corrected chi connectivity index (χ0v) is 14.7. The maximum Gasteiger partial charge on any atom is 0.0270 e. The number of halogens is 3. The third-order valence-corrected chi connectivity index (χ3v) is 4.28. The minimum atomic E-state index is 1.04. The molecule has 0 saturated heterocycles. The van der Waals surface area contributed by atoms with E-state index in [2.05, 4.69) is 72.1 Å². The van der Waals surface area contributed by atoms with Crippen molar-refractivity contribution in [3.05, 3.63) is 79.2 Å². The molecule has 0 aromatic heterocycles. The first-order valence-corrected chi connectivity index (χ1v) is 8.09. The molecule has 96 valence electrons. The molecule has 2 rings (SSSR count). The van der Waals surface area contributed by atoms with E-state index in [4.69, 9.17) is 0 Å². The van der Waals surface area contributed by atoms with E-state index in [0.717, 1.165) is 19.0 Å². The van der Waals surface area contributed by atoms with Gasteiger partial charge in [0.2, 0.25) is 0 Å². The van der Waals surface area contributed by atoms with Crippen LogP contribution < -0.4 is 0 Å². The van der Waals surface area contributed by atoms with Gasteiger partial charge < -0.3 is 0 Å². The van der Waals surface area contributed by atoms with Gasteiger partial charge in [-0.25, -0.2) is 0 Å². The second-order valence-electron chi connectivity index (χ2n) is 3.91. The van der Waals surface area contributed by atoms with Gasteiger partial charge >= 0.3 is 0 Å². The summed E-state index contributed by atoms with van der Waals surface area (Å²) < 4.78 is 3.15. The molecule has 0 aliphatic rings. The molecule has 3 heteroatoms. The van der Waals surface area contributed by atoms with E-state index < -0.39 is 0 Å². The molecule has 0 amide bonds. The van der Waals surface area contributed by atoms with Crippen LogP contribution in [0, 0.1) is 0 Å². The van der Waals surface area contributed by atoms with Crippen molar-refractivity contribution < 1.29 is 0 Å². The standard InChI is InChI=1S/C16H11Br3/c17-13-10-15(18)14(16(19)11-13)9-5-4-8-12-6-2-1-3-7-12/h1-11H. The maximum absolute atomic E-state index is 3.56. The summed E-state index contributed by atoms with van der Waals surface area (Å²) in [4.78, 5) is 0. The van der Waals surface area contributed by atoms with Crippen LogP contribution in [0.2, 0.25) is 0 Å². The predicted molar refractivity (Wildman–Crippen MR) is 94.1 cm³/mol. The summed E-state index contributed by atoms with van der Waals surface area (Å²) in [5, 5.41) is 0. The van der Waals surface area contributed by atoms with Gasteiger partial charge in [-0.05, 0) is 17.7 Å². The second-order valence-corrected chi connectivity index (χ2v) is 6.54. The molecule has 0 aliphatic heterocycles. The Hall–Kier alpha value is -0.640. The van der Waals surface area contributed by atoms with Crippen molar-refractivity contribution in [2.45, 2.75) is 0 Å². The zero-order chi connectivity index (χ0) is 13.7. The van der Waals surface area contributed by atoms with Gasteiger partial charge in [0.05, 0.1) is 0 Å². The quantitative estimate of drug-likeness (QED) is 0.464. The summed E-state index contributed by atoms with van der Waals surface area (Å²) in [6, 6.07) is 14.3. The first-order chi connectivity index (χ1) is 9.16. The number of hydrogen-bond acceptors (Lipinski definition) is 0. The molecule has 0 saturated carbocycles. The van der Waals surface area contributed by atoms with Crippen molar-refractivity contribution in [3.63, 3.8) is 0 Å². The largest absolute Gasteiger partial charge is 0.0622 e. The molecular weight excluding hydrogens is 432 g/mol. The van der Waals surface area contributed by atoms with E-state index in [0.29, 0.717) is 0 Å². The van der Waals surface area contributed by atoms with E-state index >= 15 is 0 Å². The first-order valence-electron chi connectivity index (χ1n) is 5.71. The highest BCUT2D eigenvalue weighted by atomic mass is 79.9. The van der Waals surface area contributed by atoms with Crippen molar-refractivity contribution in [2.75, 3.05) is 0 Å². The lowest BCUT2D eigenvalue weighted by Gasteiger charge is -2.02. The molecule has 0 atom stereocenters. The fraction of sp³-hybridized carbons (Fsp3) is 0. The van der Waals surface area contributed by atoms with Gasteiger partial charge in [-0.2, -0.15) is 0 Å². The van der Waals surface area contributed by atoms with E-state index in [-0.39, 0.29) is 0 Å². The number of allylic oxidation sites excluding steroid dienone is 2. The SMILES string of the molecule is Brc1cc(Br)c(C=CC=Cc2ccccc2)c(Br)c1. The molecule has 0 bridgehead atoms. The minimum Gasteiger partial charge on any atom is -0.0622 e. The smallest absolute Gasteiger partial charge is 0.0270 e. The van der Waals surface area contributed by atoms with Crippen molar-refractivity contribution in [2.24, 2.45) is 0 Å². The lowest BCUT2D eigenvalue weighted by Crippen LogP contribution is -1.79. The highest BCUT2D eigenvalue weighted by Crippen LogP contribution is 2.30. The zero-order valence-electron chi connectivity index (χ0n) is 9.98. The summed E-state index contributed by atoms with van der Waals surface area (Å²) in [6.45, 7) is 0. The van der Waals surface area contributed by atoms with Crippen molar-refractivity contribution in [3.8, 4) is 0 Å². The van der Waals surface area contributed by atoms with Crippen LogP contribution in [0.3, 0.4) is 0 Å². The molecule has 0 spiro atoms. The van der Waals surface area contributed by atoms with Gasteiger partial charge in [0.1, 0.15) is 0 Å². The van der Waals surface area contributed by atoms with Gasteiger partial charge in [-0.15, -0.1) is 0 Å². The highest BCUT2D eigenvalue weighted by molar-refractivity contribution is 9.11. The highest BCUT2D eigenvalue weighted by Gasteiger charge is 2.02. The molecular formula is C16H11Br3. The second kappa shape index (κ2) is 7.22. The Morgan fingerprint density at radius 2 is 1.32 bits per heavy atom. The van der Waals surface area contributed by atoms with E-state index in [9.17, 15) is 0 Å². The van der Waals surface area contributed by atoms with Crippen molar-refractivity contribution in [1.29, 1.82) is 0 Å². The van der Waals surface area contributed by atoms with Crippen LogP contribution in [-0.2, 0) is 0 Å². The topological polar surface area (TPSA) is 0 Å². The van der Waals surface area contributed by atoms with E-state index in [1.54, 1.807) is 0 Å². The molecule has 2 aromatic carbocycles. The van der Waals surface area contributed by atoms with Gasteiger partial charge in [0.25, 0.3) is 0 Å². The van der Waals surface area contributed by atoms with Gasteiger partial charge in [-0.1, -0.05) is 102 Å². The molecule has 0 N–H and O–H groups in total. The normalized spacial score (nSPS) is 11.5. The summed E-state index contributed by atoms with van der Waals surface area (Å²) in [6.07, 6.45) is 8.22. The molecule has 19 heavy (non-hydrogen) atoms. The first kappa shape index (κ1) is 14.8. The predicted octanol–water partition coefficient (Wildman–Crippen LogP) is 6.70. The van der Waals surface area contributed by atoms with Crippen LogP contribution >= 0.6 is 47.8 Å². The molecule has 0 fully saturated rings. The van der Waals surface area contributed by atoms with Crippen LogP contribution in [0.5, 0.6) is 0 Å². The third kappa shape index (κ3) is 4.44. The Bertz CT molecular complexity index is 590. The molecule has 2 aromatic rings. The number of rotatable bonds is 3. The lowest BCUT2D eigenvalue weighted by atomic mass is 10.2. The van der Waals surface area contributed by atoms with E-state index in [1.165, 1.54) is 5.56 Å². The van der Waals surface area contributed by atoms with Gasteiger partial charge in [0.15, 0.2) is 0 Å². The van der Waals surface area contributed by atoms with Crippen molar-refractivity contribution >= 4 is 59.9 Å². The van der Waals surface area contributed by atoms with Crippen LogP contribution in [-0.4, -0.2) is 0 Å². The fourth-order valence-corrected chi connectivity index (χ4v) is 4.12. The molecule has 0 unspecified atom stereocenters. The fourth-order valence-electron chi connectivity index (χ4n) is 1.60. The minimum absolute atomic E-state index is 1.04. The molecule has 0 nitrogen and oxygen atoms in total. The third-order valence-electron chi connectivity index (χ3n) is 2.51. The summed E-state index contributed by atoms with van der Waals surface area (Å²) in [7, 11) is 0.